The number of benzene rings is 1. The molecule has 2 aromatic rings. The van der Waals surface area contributed by atoms with Gasteiger partial charge in [-0.25, -0.2) is 0 Å². The largest absolute Gasteiger partial charge is 0.497 e. The van der Waals surface area contributed by atoms with Gasteiger partial charge in [0.15, 0.2) is 0 Å². The first-order valence-electron chi connectivity index (χ1n) is 9.56. The summed E-state index contributed by atoms with van der Waals surface area (Å²) in [6, 6.07) is 7.11. The van der Waals surface area contributed by atoms with Crippen LogP contribution in [0.4, 0.5) is 11.4 Å². The summed E-state index contributed by atoms with van der Waals surface area (Å²) in [6.07, 6.45) is 6.36. The number of piperidine rings is 1. The summed E-state index contributed by atoms with van der Waals surface area (Å²) >= 11 is 0. The molecule has 0 radical (unpaired) electrons. The average Bonchev–Trinajstić information content (AvgIpc) is 3.21. The quantitative estimate of drug-likeness (QED) is 0.707. The highest BCUT2D eigenvalue weighted by Gasteiger charge is 2.57. The summed E-state index contributed by atoms with van der Waals surface area (Å²) in [5.74, 6) is 0.690. The highest BCUT2D eigenvalue weighted by atomic mass is 16.5. The molecule has 1 atom stereocenters. The van der Waals surface area contributed by atoms with Crippen molar-refractivity contribution in [1.29, 1.82) is 0 Å². The summed E-state index contributed by atoms with van der Waals surface area (Å²) in [5, 5.41) is 13.3. The minimum absolute atomic E-state index is 0.0594. The molecule has 8 nitrogen and oxygen atoms in total. The minimum atomic E-state index is -0.193. The van der Waals surface area contributed by atoms with E-state index in [4.69, 9.17) is 4.74 Å². The highest BCUT2D eigenvalue weighted by molar-refractivity contribution is 5.95. The monoisotopic (exact) mass is 383 g/mol. The van der Waals surface area contributed by atoms with Crippen molar-refractivity contribution in [2.45, 2.75) is 25.8 Å². The number of hydrogen-bond donors (Lipinski definition) is 3. The second kappa shape index (κ2) is 7.63. The number of methoxy groups -OCH3 is 1. The van der Waals surface area contributed by atoms with Crippen molar-refractivity contribution in [2.24, 2.45) is 11.3 Å². The van der Waals surface area contributed by atoms with Gasteiger partial charge in [-0.15, -0.1) is 0 Å². The number of anilines is 2. The number of nitrogens with zero attached hydrogens (tertiary/aromatic N) is 2. The number of rotatable bonds is 6. The van der Waals surface area contributed by atoms with Gasteiger partial charge in [-0.3, -0.25) is 14.3 Å². The molecule has 1 saturated heterocycles. The Balaban J connectivity index is 1.28. The van der Waals surface area contributed by atoms with Crippen LogP contribution in [0.15, 0.2) is 36.7 Å². The molecule has 1 unspecified atom stereocenters. The maximum Gasteiger partial charge on any atom is 0.246 e. The zero-order valence-electron chi connectivity index (χ0n) is 15.9. The fourth-order valence-electron chi connectivity index (χ4n) is 3.96. The molecule has 2 fully saturated rings. The van der Waals surface area contributed by atoms with Gasteiger partial charge in [0.2, 0.25) is 11.8 Å². The third kappa shape index (κ3) is 4.01. The summed E-state index contributed by atoms with van der Waals surface area (Å²) in [4.78, 5) is 24.7. The van der Waals surface area contributed by atoms with E-state index in [0.29, 0.717) is 11.4 Å². The summed E-state index contributed by atoms with van der Waals surface area (Å²) in [6.45, 7) is 2.05. The second-order valence-corrected chi connectivity index (χ2v) is 7.56. The molecule has 1 aromatic carbocycles. The topological polar surface area (TPSA) is 97.3 Å². The van der Waals surface area contributed by atoms with Crippen molar-refractivity contribution >= 4 is 23.2 Å². The molecule has 3 N–H and O–H groups in total. The van der Waals surface area contributed by atoms with Gasteiger partial charge < -0.3 is 20.7 Å². The molecule has 28 heavy (non-hydrogen) atoms. The van der Waals surface area contributed by atoms with E-state index in [-0.39, 0.29) is 29.7 Å². The van der Waals surface area contributed by atoms with E-state index < -0.39 is 0 Å². The van der Waals surface area contributed by atoms with Crippen LogP contribution in [-0.2, 0) is 16.1 Å². The van der Waals surface area contributed by atoms with Gasteiger partial charge in [-0.1, -0.05) is 0 Å². The van der Waals surface area contributed by atoms with Crippen LogP contribution in [-0.4, -0.2) is 41.8 Å². The fourth-order valence-corrected chi connectivity index (χ4v) is 3.96. The lowest BCUT2D eigenvalue weighted by Gasteiger charge is -2.23. The Morgan fingerprint density at radius 1 is 1.21 bits per heavy atom. The predicted octanol–water partition coefficient (Wildman–Crippen LogP) is 1.86. The predicted molar refractivity (Wildman–Crippen MR) is 105 cm³/mol. The van der Waals surface area contributed by atoms with E-state index in [1.807, 2.05) is 0 Å². The van der Waals surface area contributed by atoms with Crippen molar-refractivity contribution in [3.8, 4) is 5.75 Å². The van der Waals surface area contributed by atoms with Crippen LogP contribution in [0.25, 0.3) is 0 Å². The normalized spacial score (nSPS) is 19.8. The molecule has 1 spiro atoms. The van der Waals surface area contributed by atoms with Gasteiger partial charge in [0, 0.05) is 17.8 Å². The molecule has 8 heteroatoms. The molecule has 1 saturated carbocycles. The van der Waals surface area contributed by atoms with Gasteiger partial charge in [0.05, 0.1) is 19.0 Å². The van der Waals surface area contributed by atoms with Crippen LogP contribution < -0.4 is 20.7 Å². The number of nitrogens with one attached hydrogen (secondary N) is 3. The zero-order valence-corrected chi connectivity index (χ0v) is 15.9. The molecular weight excluding hydrogens is 358 g/mol. The smallest absolute Gasteiger partial charge is 0.246 e. The van der Waals surface area contributed by atoms with Crippen LogP contribution >= 0.6 is 0 Å². The number of carbonyl (C=O) groups excluding carboxylic acids is 2. The first-order valence-corrected chi connectivity index (χ1v) is 9.56. The summed E-state index contributed by atoms with van der Waals surface area (Å²) < 4.78 is 6.61. The number of ether oxygens (including phenoxy) is 1. The molecule has 2 heterocycles. The molecular formula is C20H25N5O3. The number of amides is 2. The molecule has 2 aliphatic rings. The molecule has 1 aliphatic heterocycles. The third-order valence-electron chi connectivity index (χ3n) is 5.69. The van der Waals surface area contributed by atoms with Crippen molar-refractivity contribution in [2.75, 3.05) is 30.8 Å². The Morgan fingerprint density at radius 3 is 2.68 bits per heavy atom. The lowest BCUT2D eigenvalue weighted by molar-refractivity contribution is -0.118. The molecule has 1 aliphatic carbocycles. The lowest BCUT2D eigenvalue weighted by atomic mass is 9.92. The summed E-state index contributed by atoms with van der Waals surface area (Å²) in [7, 11) is 1.59. The van der Waals surface area contributed by atoms with Gasteiger partial charge in [0.25, 0.3) is 0 Å². The third-order valence-corrected chi connectivity index (χ3v) is 5.69. The highest BCUT2D eigenvalue weighted by Crippen LogP contribution is 2.58. The van der Waals surface area contributed by atoms with E-state index in [1.165, 1.54) is 4.68 Å². The molecule has 2 amide bonds. The number of hydrogen-bond acceptors (Lipinski definition) is 5. The molecule has 148 valence electrons. The van der Waals surface area contributed by atoms with Crippen molar-refractivity contribution in [3.05, 3.63) is 36.7 Å². The first kappa shape index (κ1) is 18.5. The molecule has 0 bridgehead atoms. The zero-order chi connectivity index (χ0) is 19.6. The van der Waals surface area contributed by atoms with Gasteiger partial charge in [-0.05, 0) is 62.0 Å². The van der Waals surface area contributed by atoms with Crippen LogP contribution in [0, 0.1) is 11.3 Å². The van der Waals surface area contributed by atoms with Crippen LogP contribution in [0.3, 0.4) is 0 Å². The first-order chi connectivity index (χ1) is 13.6. The summed E-state index contributed by atoms with van der Waals surface area (Å²) in [5.41, 5.74) is 1.51. The Labute approximate surface area is 163 Å². The minimum Gasteiger partial charge on any atom is -0.497 e. The Hall–Kier alpha value is -2.87. The number of aromatic nitrogens is 2. The van der Waals surface area contributed by atoms with E-state index in [2.05, 4.69) is 21.0 Å². The van der Waals surface area contributed by atoms with Crippen molar-refractivity contribution in [3.63, 3.8) is 0 Å². The Bertz CT molecular complexity index is 855. The maximum atomic E-state index is 12.5. The van der Waals surface area contributed by atoms with Crippen molar-refractivity contribution < 1.29 is 14.3 Å². The van der Waals surface area contributed by atoms with Crippen LogP contribution in [0.1, 0.15) is 19.3 Å². The van der Waals surface area contributed by atoms with E-state index in [9.17, 15) is 9.59 Å². The van der Waals surface area contributed by atoms with Crippen LogP contribution in [0.5, 0.6) is 5.75 Å². The van der Waals surface area contributed by atoms with Gasteiger partial charge in [-0.2, -0.15) is 5.10 Å². The average molecular weight is 383 g/mol. The van der Waals surface area contributed by atoms with Crippen LogP contribution in [0.2, 0.25) is 0 Å². The lowest BCUT2D eigenvalue weighted by Crippen LogP contribution is -2.31. The Morgan fingerprint density at radius 2 is 1.96 bits per heavy atom. The fraction of sp³-hybridized carbons (Fsp3) is 0.450. The Kier molecular flexibility index (Phi) is 5.04. The molecule has 1 aromatic heterocycles. The van der Waals surface area contributed by atoms with E-state index in [1.54, 1.807) is 43.8 Å². The maximum absolute atomic E-state index is 12.5. The number of carbonyl (C=O) groups is 2. The van der Waals surface area contributed by atoms with E-state index >= 15 is 0 Å². The molecule has 4 rings (SSSR count). The second-order valence-electron chi connectivity index (χ2n) is 7.56. The SMILES string of the molecule is COc1ccc(NC(=O)Cn2cc(NC(=O)C3CC34CCNCC4)cn2)cc1. The van der Waals surface area contributed by atoms with Gasteiger partial charge in [0.1, 0.15) is 12.3 Å². The van der Waals surface area contributed by atoms with Gasteiger partial charge >= 0.3 is 0 Å². The van der Waals surface area contributed by atoms with E-state index in [0.717, 1.165) is 38.1 Å². The van der Waals surface area contributed by atoms with Crippen molar-refractivity contribution in [1.82, 2.24) is 15.1 Å². The standard InChI is InChI=1S/C20H25N5O3/c1-28-16-4-2-14(3-5-16)23-18(26)13-25-12-15(11-22-25)24-19(27)17-10-20(17)6-8-21-9-7-20/h2-5,11-12,17,21H,6-10,13H2,1H3,(H,23,26)(H,24,27).